The molecule has 2 nitrogen and oxygen atoms in total. The number of nitrogens with zero attached hydrogens (tertiary/aromatic N) is 1. The van der Waals surface area contributed by atoms with Crippen LogP contribution in [0.2, 0.25) is 0 Å². The summed E-state index contributed by atoms with van der Waals surface area (Å²) in [5.74, 6) is -0.0347. The molecule has 0 saturated carbocycles. The Kier molecular flexibility index (Phi) is 2.90. The standard InChI is InChI=1S/C15H16FNO/c16-12-9-7-11(8-10-12)14-5-1-3-13-4-2-6-15(18)17(13)14/h2,4,7-10,13-14H,1,3,5-6H2. The van der Waals surface area contributed by atoms with Crippen molar-refractivity contribution in [2.45, 2.75) is 37.8 Å². The minimum Gasteiger partial charge on any atom is -0.329 e. The van der Waals surface area contributed by atoms with E-state index in [2.05, 4.69) is 6.08 Å². The molecule has 0 spiro atoms. The lowest BCUT2D eigenvalue weighted by Crippen LogP contribution is -2.46. The molecule has 2 heterocycles. The Labute approximate surface area is 106 Å². The summed E-state index contributed by atoms with van der Waals surface area (Å²) >= 11 is 0. The van der Waals surface area contributed by atoms with Crippen molar-refractivity contribution in [3.8, 4) is 0 Å². The van der Waals surface area contributed by atoms with Gasteiger partial charge in [0.2, 0.25) is 5.91 Å². The van der Waals surface area contributed by atoms with Gasteiger partial charge in [-0.25, -0.2) is 4.39 Å². The first-order valence-corrected chi connectivity index (χ1v) is 6.49. The maximum absolute atomic E-state index is 13.0. The zero-order valence-corrected chi connectivity index (χ0v) is 10.2. The van der Waals surface area contributed by atoms with E-state index in [0.29, 0.717) is 6.42 Å². The molecule has 0 N–H and O–H groups in total. The van der Waals surface area contributed by atoms with Gasteiger partial charge in [-0.15, -0.1) is 0 Å². The molecule has 0 bridgehead atoms. The highest BCUT2D eigenvalue weighted by Gasteiger charge is 2.34. The van der Waals surface area contributed by atoms with Crippen molar-refractivity contribution in [3.63, 3.8) is 0 Å². The van der Waals surface area contributed by atoms with Crippen LogP contribution in [0.5, 0.6) is 0 Å². The Morgan fingerprint density at radius 3 is 2.72 bits per heavy atom. The number of amides is 1. The van der Waals surface area contributed by atoms with Gasteiger partial charge in [-0.05, 0) is 37.0 Å². The highest BCUT2D eigenvalue weighted by atomic mass is 19.1. The highest BCUT2D eigenvalue weighted by molar-refractivity contribution is 5.80. The Balaban J connectivity index is 1.93. The second kappa shape index (κ2) is 4.56. The van der Waals surface area contributed by atoms with Gasteiger partial charge in [0.05, 0.1) is 12.1 Å². The number of rotatable bonds is 1. The van der Waals surface area contributed by atoms with Gasteiger partial charge in [-0.2, -0.15) is 0 Å². The number of halogens is 1. The first kappa shape index (κ1) is 11.5. The third kappa shape index (κ3) is 1.94. The van der Waals surface area contributed by atoms with Crippen LogP contribution in [-0.4, -0.2) is 16.8 Å². The Bertz CT molecular complexity index is 480. The average molecular weight is 245 g/mol. The SMILES string of the molecule is O=C1CC=CC2CCCC(c3ccc(F)cc3)N12. The molecule has 2 aliphatic rings. The smallest absolute Gasteiger partial charge is 0.227 e. The molecule has 3 rings (SSSR count). The van der Waals surface area contributed by atoms with Crippen LogP contribution < -0.4 is 0 Å². The minimum atomic E-state index is -0.226. The third-order valence-electron chi connectivity index (χ3n) is 3.86. The lowest BCUT2D eigenvalue weighted by molar-refractivity contribution is -0.137. The van der Waals surface area contributed by atoms with Crippen LogP contribution in [0.4, 0.5) is 4.39 Å². The van der Waals surface area contributed by atoms with Gasteiger partial charge in [0.15, 0.2) is 0 Å². The van der Waals surface area contributed by atoms with Gasteiger partial charge in [-0.1, -0.05) is 24.3 Å². The summed E-state index contributed by atoms with van der Waals surface area (Å²) in [5, 5.41) is 0. The molecule has 1 saturated heterocycles. The number of hydrogen-bond acceptors (Lipinski definition) is 1. The highest BCUT2D eigenvalue weighted by Crippen LogP contribution is 2.36. The van der Waals surface area contributed by atoms with Crippen LogP contribution in [0.15, 0.2) is 36.4 Å². The second-order valence-corrected chi connectivity index (χ2v) is 5.00. The molecule has 0 aromatic heterocycles. The summed E-state index contributed by atoms with van der Waals surface area (Å²) < 4.78 is 13.0. The molecule has 1 amide bonds. The lowest BCUT2D eigenvalue weighted by Gasteiger charge is -2.43. The van der Waals surface area contributed by atoms with E-state index in [1.807, 2.05) is 11.0 Å². The molecule has 1 fully saturated rings. The number of carbonyl (C=O) groups is 1. The van der Waals surface area contributed by atoms with Gasteiger partial charge in [-0.3, -0.25) is 4.79 Å². The van der Waals surface area contributed by atoms with Crippen LogP contribution in [0.3, 0.4) is 0 Å². The van der Waals surface area contributed by atoms with Gasteiger partial charge in [0.1, 0.15) is 5.82 Å². The fraction of sp³-hybridized carbons (Fsp3) is 0.400. The number of piperidine rings is 1. The first-order valence-electron chi connectivity index (χ1n) is 6.49. The molecule has 94 valence electrons. The molecule has 2 aliphatic heterocycles. The van der Waals surface area contributed by atoms with Crippen LogP contribution >= 0.6 is 0 Å². The van der Waals surface area contributed by atoms with E-state index in [0.717, 1.165) is 24.8 Å². The van der Waals surface area contributed by atoms with E-state index in [9.17, 15) is 9.18 Å². The van der Waals surface area contributed by atoms with E-state index >= 15 is 0 Å². The quantitative estimate of drug-likeness (QED) is 0.696. The maximum Gasteiger partial charge on any atom is 0.227 e. The number of carbonyl (C=O) groups excluding carboxylic acids is 1. The Hall–Kier alpha value is -1.64. The zero-order chi connectivity index (χ0) is 12.5. The number of benzene rings is 1. The Morgan fingerprint density at radius 2 is 1.94 bits per heavy atom. The monoisotopic (exact) mass is 245 g/mol. The fourth-order valence-electron chi connectivity index (χ4n) is 3.02. The van der Waals surface area contributed by atoms with Crippen molar-refractivity contribution in [1.82, 2.24) is 4.90 Å². The first-order chi connectivity index (χ1) is 8.75. The molecule has 1 aromatic rings. The van der Waals surface area contributed by atoms with Gasteiger partial charge in [0, 0.05) is 6.42 Å². The summed E-state index contributed by atoms with van der Waals surface area (Å²) in [4.78, 5) is 14.1. The Morgan fingerprint density at radius 1 is 1.17 bits per heavy atom. The molecule has 18 heavy (non-hydrogen) atoms. The zero-order valence-electron chi connectivity index (χ0n) is 10.2. The van der Waals surface area contributed by atoms with E-state index < -0.39 is 0 Å². The number of fused-ring (bicyclic) bond motifs is 1. The molecular weight excluding hydrogens is 229 g/mol. The van der Waals surface area contributed by atoms with Crippen LogP contribution in [0, 0.1) is 5.82 Å². The van der Waals surface area contributed by atoms with Crippen molar-refractivity contribution < 1.29 is 9.18 Å². The predicted molar refractivity (Wildman–Crippen MR) is 67.4 cm³/mol. The van der Waals surface area contributed by atoms with Crippen molar-refractivity contribution >= 4 is 5.91 Å². The van der Waals surface area contributed by atoms with E-state index in [-0.39, 0.29) is 23.8 Å². The minimum absolute atomic E-state index is 0.113. The lowest BCUT2D eigenvalue weighted by atomic mass is 9.88. The average Bonchev–Trinajstić information content (AvgIpc) is 2.39. The van der Waals surface area contributed by atoms with Crippen LogP contribution in [0.25, 0.3) is 0 Å². The normalized spacial score (nSPS) is 27.2. The predicted octanol–water partition coefficient (Wildman–Crippen LogP) is 3.21. The topological polar surface area (TPSA) is 20.3 Å². The van der Waals surface area contributed by atoms with Gasteiger partial charge in [0.25, 0.3) is 0 Å². The van der Waals surface area contributed by atoms with E-state index in [1.54, 1.807) is 12.1 Å². The molecule has 1 aromatic carbocycles. The summed E-state index contributed by atoms with van der Waals surface area (Å²) in [6.07, 6.45) is 7.73. The summed E-state index contributed by atoms with van der Waals surface area (Å²) in [6, 6.07) is 6.89. The van der Waals surface area contributed by atoms with E-state index in [4.69, 9.17) is 0 Å². The molecule has 0 radical (unpaired) electrons. The summed E-state index contributed by atoms with van der Waals surface area (Å²) in [5.41, 5.74) is 1.05. The fourth-order valence-corrected chi connectivity index (χ4v) is 3.02. The largest absolute Gasteiger partial charge is 0.329 e. The van der Waals surface area contributed by atoms with Crippen LogP contribution in [0.1, 0.15) is 37.3 Å². The summed E-state index contributed by atoms with van der Waals surface area (Å²) in [6.45, 7) is 0. The molecule has 2 atom stereocenters. The maximum atomic E-state index is 13.0. The van der Waals surface area contributed by atoms with Crippen LogP contribution in [-0.2, 0) is 4.79 Å². The molecule has 0 aliphatic carbocycles. The number of hydrogen-bond donors (Lipinski definition) is 0. The molecule has 3 heteroatoms. The molecular formula is C15H16FNO. The van der Waals surface area contributed by atoms with Gasteiger partial charge >= 0.3 is 0 Å². The van der Waals surface area contributed by atoms with Crippen molar-refractivity contribution in [3.05, 3.63) is 47.8 Å². The van der Waals surface area contributed by atoms with Crippen molar-refractivity contribution in [2.75, 3.05) is 0 Å². The van der Waals surface area contributed by atoms with Crippen molar-refractivity contribution in [1.29, 1.82) is 0 Å². The van der Waals surface area contributed by atoms with Crippen molar-refractivity contribution in [2.24, 2.45) is 0 Å². The van der Waals surface area contributed by atoms with Gasteiger partial charge < -0.3 is 4.90 Å². The molecule has 2 unspecified atom stereocenters. The third-order valence-corrected chi connectivity index (χ3v) is 3.86. The van der Waals surface area contributed by atoms with E-state index in [1.165, 1.54) is 12.1 Å². The summed E-state index contributed by atoms with van der Waals surface area (Å²) in [7, 11) is 0. The second-order valence-electron chi connectivity index (χ2n) is 5.00.